The maximum atomic E-state index is 12.3. The zero-order valence-electron chi connectivity index (χ0n) is 12.3. The van der Waals surface area contributed by atoms with E-state index in [0.29, 0.717) is 9.90 Å². The molecule has 0 radical (unpaired) electrons. The molecule has 20 heavy (non-hydrogen) atoms. The minimum absolute atomic E-state index is 0.181. The summed E-state index contributed by atoms with van der Waals surface area (Å²) in [5, 5.41) is 4.18. The minimum atomic E-state index is -3.53. The number of aromatic nitrogens is 2. The Morgan fingerprint density at radius 2 is 1.95 bits per heavy atom. The SMILES string of the molecule is Cc1cc(S(=O)(=O)Nc2cnn(C(C)(C)C)c2)sc1C. The zero-order valence-corrected chi connectivity index (χ0v) is 13.9. The molecule has 2 aromatic rings. The molecule has 0 aliphatic rings. The molecule has 0 saturated carbocycles. The number of sulfonamides is 1. The maximum absolute atomic E-state index is 12.3. The molecule has 0 saturated heterocycles. The van der Waals surface area contributed by atoms with Gasteiger partial charge in [-0.2, -0.15) is 5.10 Å². The Kier molecular flexibility index (Phi) is 3.68. The van der Waals surface area contributed by atoms with Gasteiger partial charge in [0, 0.05) is 11.1 Å². The molecule has 0 aromatic carbocycles. The highest BCUT2D eigenvalue weighted by molar-refractivity contribution is 7.94. The van der Waals surface area contributed by atoms with Crippen LogP contribution in [0, 0.1) is 13.8 Å². The van der Waals surface area contributed by atoms with Crippen LogP contribution < -0.4 is 4.72 Å². The summed E-state index contributed by atoms with van der Waals surface area (Å²) in [6.45, 7) is 9.83. The molecule has 0 fully saturated rings. The van der Waals surface area contributed by atoms with E-state index >= 15 is 0 Å². The van der Waals surface area contributed by atoms with Crippen molar-refractivity contribution in [3.05, 3.63) is 28.9 Å². The van der Waals surface area contributed by atoms with E-state index in [9.17, 15) is 8.42 Å². The molecule has 2 rings (SSSR count). The Morgan fingerprint density at radius 1 is 1.30 bits per heavy atom. The third-order valence-corrected chi connectivity index (χ3v) is 5.94. The van der Waals surface area contributed by atoms with Gasteiger partial charge < -0.3 is 0 Å². The van der Waals surface area contributed by atoms with Gasteiger partial charge in [-0.15, -0.1) is 11.3 Å². The van der Waals surface area contributed by atoms with E-state index in [-0.39, 0.29) is 5.54 Å². The first-order valence-electron chi connectivity index (χ1n) is 6.24. The predicted molar refractivity (Wildman–Crippen MR) is 81.8 cm³/mol. The highest BCUT2D eigenvalue weighted by atomic mass is 32.2. The Balaban J connectivity index is 2.27. The largest absolute Gasteiger partial charge is 0.276 e. The molecule has 7 heteroatoms. The number of nitrogens with one attached hydrogen (secondary N) is 1. The lowest BCUT2D eigenvalue weighted by Gasteiger charge is -2.18. The smallest absolute Gasteiger partial charge is 0.271 e. The van der Waals surface area contributed by atoms with Crippen molar-refractivity contribution in [3.63, 3.8) is 0 Å². The van der Waals surface area contributed by atoms with E-state index in [1.807, 2.05) is 34.6 Å². The number of anilines is 1. The summed E-state index contributed by atoms with van der Waals surface area (Å²) >= 11 is 1.28. The van der Waals surface area contributed by atoms with Crippen LogP contribution in [-0.4, -0.2) is 18.2 Å². The molecule has 0 amide bonds. The van der Waals surface area contributed by atoms with Gasteiger partial charge in [0.05, 0.1) is 17.4 Å². The topological polar surface area (TPSA) is 64.0 Å². The molecular weight excluding hydrogens is 294 g/mol. The van der Waals surface area contributed by atoms with Crippen molar-refractivity contribution in [1.29, 1.82) is 0 Å². The van der Waals surface area contributed by atoms with Gasteiger partial charge in [-0.05, 0) is 46.2 Å². The summed E-state index contributed by atoms with van der Waals surface area (Å²) in [5.74, 6) is 0. The molecule has 1 N–H and O–H groups in total. The molecule has 2 aromatic heterocycles. The second-order valence-corrected chi connectivity index (χ2v) is 8.92. The van der Waals surface area contributed by atoms with Gasteiger partial charge in [0.15, 0.2) is 0 Å². The predicted octanol–water partition coefficient (Wildman–Crippen LogP) is 3.12. The average molecular weight is 313 g/mol. The van der Waals surface area contributed by atoms with E-state index < -0.39 is 10.0 Å². The first kappa shape index (κ1) is 15.1. The molecule has 0 spiro atoms. The van der Waals surface area contributed by atoms with Crippen LogP contribution in [0.3, 0.4) is 0 Å². The van der Waals surface area contributed by atoms with Crippen molar-refractivity contribution in [2.75, 3.05) is 4.72 Å². The van der Waals surface area contributed by atoms with E-state index in [0.717, 1.165) is 10.4 Å². The van der Waals surface area contributed by atoms with Crippen molar-refractivity contribution >= 4 is 27.0 Å². The Hall–Kier alpha value is -1.34. The fourth-order valence-corrected chi connectivity index (χ4v) is 4.16. The van der Waals surface area contributed by atoms with Crippen LogP contribution in [-0.2, 0) is 15.6 Å². The molecule has 0 bridgehead atoms. The minimum Gasteiger partial charge on any atom is -0.276 e. The summed E-state index contributed by atoms with van der Waals surface area (Å²) < 4.78 is 29.2. The monoisotopic (exact) mass is 313 g/mol. The second kappa shape index (κ2) is 4.89. The first-order valence-corrected chi connectivity index (χ1v) is 8.54. The van der Waals surface area contributed by atoms with Crippen LogP contribution in [0.4, 0.5) is 5.69 Å². The molecule has 0 unspecified atom stereocenters. The van der Waals surface area contributed by atoms with Crippen molar-refractivity contribution in [1.82, 2.24) is 9.78 Å². The van der Waals surface area contributed by atoms with E-state index in [1.54, 1.807) is 16.9 Å². The van der Waals surface area contributed by atoms with Gasteiger partial charge in [0.2, 0.25) is 0 Å². The number of aryl methyl sites for hydroxylation is 2. The number of nitrogens with zero attached hydrogens (tertiary/aromatic N) is 2. The third-order valence-electron chi connectivity index (χ3n) is 2.93. The zero-order chi connectivity index (χ0) is 15.1. The highest BCUT2D eigenvalue weighted by Gasteiger charge is 2.20. The fourth-order valence-electron chi connectivity index (χ4n) is 1.62. The standard InChI is InChI=1S/C13H19N3O2S2/c1-9-6-12(19-10(9)2)20(17,18)15-11-7-14-16(8-11)13(3,4)5/h6-8,15H,1-5H3. The summed E-state index contributed by atoms with van der Waals surface area (Å²) in [5.41, 5.74) is 1.28. The molecule has 0 aliphatic heterocycles. The summed E-state index contributed by atoms with van der Waals surface area (Å²) in [6, 6.07) is 1.69. The highest BCUT2D eigenvalue weighted by Crippen LogP contribution is 2.27. The molecular formula is C13H19N3O2S2. The molecule has 0 aliphatic carbocycles. The number of hydrogen-bond acceptors (Lipinski definition) is 4. The summed E-state index contributed by atoms with van der Waals surface area (Å²) in [6.07, 6.45) is 3.22. The second-order valence-electron chi connectivity index (χ2n) is 5.75. The van der Waals surface area contributed by atoms with Crippen LogP contribution in [0.1, 0.15) is 31.2 Å². The van der Waals surface area contributed by atoms with Crippen molar-refractivity contribution < 1.29 is 8.42 Å². The van der Waals surface area contributed by atoms with Gasteiger partial charge in [0.1, 0.15) is 4.21 Å². The molecule has 2 heterocycles. The van der Waals surface area contributed by atoms with Gasteiger partial charge in [-0.1, -0.05) is 0 Å². The quantitative estimate of drug-likeness (QED) is 0.947. The normalized spacial score (nSPS) is 12.7. The van der Waals surface area contributed by atoms with Crippen LogP contribution in [0.5, 0.6) is 0 Å². The van der Waals surface area contributed by atoms with Crippen LogP contribution in [0.25, 0.3) is 0 Å². The lowest BCUT2D eigenvalue weighted by atomic mass is 10.1. The van der Waals surface area contributed by atoms with Gasteiger partial charge >= 0.3 is 0 Å². The van der Waals surface area contributed by atoms with E-state index in [1.165, 1.54) is 17.5 Å². The first-order chi connectivity index (χ1) is 9.09. The lowest BCUT2D eigenvalue weighted by Crippen LogP contribution is -2.22. The molecule has 110 valence electrons. The Labute approximate surface area is 123 Å². The van der Waals surface area contributed by atoms with Crippen LogP contribution >= 0.6 is 11.3 Å². The summed E-state index contributed by atoms with van der Waals surface area (Å²) in [7, 11) is -3.53. The third kappa shape index (κ3) is 3.04. The maximum Gasteiger partial charge on any atom is 0.271 e. The lowest BCUT2D eigenvalue weighted by molar-refractivity contribution is 0.355. The van der Waals surface area contributed by atoms with E-state index in [4.69, 9.17) is 0 Å². The van der Waals surface area contributed by atoms with Crippen molar-refractivity contribution in [3.8, 4) is 0 Å². The average Bonchev–Trinajstić information content (AvgIpc) is 2.86. The Morgan fingerprint density at radius 3 is 2.40 bits per heavy atom. The van der Waals surface area contributed by atoms with Gasteiger partial charge in [-0.25, -0.2) is 8.42 Å². The Bertz CT molecular complexity index is 702. The van der Waals surface area contributed by atoms with E-state index in [2.05, 4.69) is 9.82 Å². The van der Waals surface area contributed by atoms with Gasteiger partial charge in [0.25, 0.3) is 10.0 Å². The fraction of sp³-hybridized carbons (Fsp3) is 0.462. The number of rotatable bonds is 3. The number of thiophene rings is 1. The summed E-state index contributed by atoms with van der Waals surface area (Å²) in [4.78, 5) is 1.01. The molecule has 0 atom stereocenters. The van der Waals surface area contributed by atoms with Crippen LogP contribution in [0.2, 0.25) is 0 Å². The molecule has 5 nitrogen and oxygen atoms in total. The van der Waals surface area contributed by atoms with Crippen molar-refractivity contribution in [2.24, 2.45) is 0 Å². The number of hydrogen-bond donors (Lipinski definition) is 1. The van der Waals surface area contributed by atoms with Crippen LogP contribution in [0.15, 0.2) is 22.7 Å². The van der Waals surface area contributed by atoms with Crippen molar-refractivity contribution in [2.45, 2.75) is 44.4 Å². The van der Waals surface area contributed by atoms with Gasteiger partial charge in [-0.3, -0.25) is 9.40 Å².